The van der Waals surface area contributed by atoms with Crippen LogP contribution in [0.1, 0.15) is 24.4 Å². The highest BCUT2D eigenvalue weighted by Gasteiger charge is 2.24. The number of hydrogen-bond acceptors (Lipinski definition) is 3. The standard InChI is InChI=1S/C13H19ClN2O.ClH/c1-17-12-3-2-10(14)8-11(12)13(15)9-4-6-16-7-5-9;/h2-3,8-9,13,16H,4-7,15H2,1H3;1H/t13-;/m1./s1. The average molecular weight is 291 g/mol. The molecule has 0 unspecified atom stereocenters. The molecule has 3 nitrogen and oxygen atoms in total. The van der Waals surface area contributed by atoms with Crippen LogP contribution in [0.2, 0.25) is 5.02 Å². The molecule has 1 fully saturated rings. The summed E-state index contributed by atoms with van der Waals surface area (Å²) in [6.45, 7) is 2.09. The molecular formula is C13H20Cl2N2O. The summed E-state index contributed by atoms with van der Waals surface area (Å²) in [6, 6.07) is 5.65. The minimum Gasteiger partial charge on any atom is -0.496 e. The highest BCUT2D eigenvalue weighted by atomic mass is 35.5. The molecule has 0 bridgehead atoms. The largest absolute Gasteiger partial charge is 0.496 e. The Morgan fingerprint density at radius 1 is 1.39 bits per heavy atom. The van der Waals surface area contributed by atoms with Crippen LogP contribution < -0.4 is 15.8 Å². The van der Waals surface area contributed by atoms with E-state index in [0.29, 0.717) is 10.9 Å². The first-order valence-electron chi connectivity index (χ1n) is 6.02. The van der Waals surface area contributed by atoms with Crippen molar-refractivity contribution in [1.29, 1.82) is 0 Å². The van der Waals surface area contributed by atoms with Gasteiger partial charge in [0.15, 0.2) is 0 Å². The van der Waals surface area contributed by atoms with Crippen molar-refractivity contribution in [2.45, 2.75) is 18.9 Å². The third-order valence-electron chi connectivity index (χ3n) is 3.44. The Bertz CT molecular complexity index is 381. The van der Waals surface area contributed by atoms with Gasteiger partial charge in [-0.1, -0.05) is 11.6 Å². The molecule has 0 amide bonds. The van der Waals surface area contributed by atoms with Gasteiger partial charge in [-0.15, -0.1) is 12.4 Å². The van der Waals surface area contributed by atoms with Gasteiger partial charge in [0.1, 0.15) is 5.75 Å². The van der Waals surface area contributed by atoms with Crippen molar-refractivity contribution >= 4 is 24.0 Å². The predicted octanol–water partition coefficient (Wildman–Crippen LogP) is 2.77. The summed E-state index contributed by atoms with van der Waals surface area (Å²) in [5.41, 5.74) is 7.37. The number of ether oxygens (including phenoxy) is 1. The second-order valence-electron chi connectivity index (χ2n) is 4.50. The molecule has 0 spiro atoms. The smallest absolute Gasteiger partial charge is 0.123 e. The monoisotopic (exact) mass is 290 g/mol. The highest BCUT2D eigenvalue weighted by molar-refractivity contribution is 6.30. The van der Waals surface area contributed by atoms with Gasteiger partial charge in [-0.25, -0.2) is 0 Å². The van der Waals surface area contributed by atoms with Gasteiger partial charge in [-0.05, 0) is 50.0 Å². The molecule has 3 N–H and O–H groups in total. The van der Waals surface area contributed by atoms with Crippen molar-refractivity contribution in [3.8, 4) is 5.75 Å². The first-order valence-corrected chi connectivity index (χ1v) is 6.40. The molecule has 1 aromatic rings. The van der Waals surface area contributed by atoms with Gasteiger partial charge in [0.25, 0.3) is 0 Å². The zero-order valence-corrected chi connectivity index (χ0v) is 12.1. The Morgan fingerprint density at radius 3 is 2.67 bits per heavy atom. The van der Waals surface area contributed by atoms with Crippen molar-refractivity contribution < 1.29 is 4.74 Å². The van der Waals surface area contributed by atoms with Gasteiger partial charge in [0, 0.05) is 16.6 Å². The Labute approximate surface area is 119 Å². The number of nitrogens with one attached hydrogen (secondary N) is 1. The Kier molecular flexibility index (Phi) is 6.22. The lowest BCUT2D eigenvalue weighted by Gasteiger charge is -2.29. The molecule has 1 aliphatic heterocycles. The van der Waals surface area contributed by atoms with Crippen molar-refractivity contribution in [2.75, 3.05) is 20.2 Å². The molecular weight excluding hydrogens is 271 g/mol. The van der Waals surface area contributed by atoms with Gasteiger partial charge in [-0.2, -0.15) is 0 Å². The number of rotatable bonds is 3. The molecule has 1 aliphatic rings. The number of benzene rings is 1. The molecule has 102 valence electrons. The number of piperidine rings is 1. The molecule has 2 rings (SSSR count). The maximum Gasteiger partial charge on any atom is 0.123 e. The highest BCUT2D eigenvalue weighted by Crippen LogP contribution is 2.34. The van der Waals surface area contributed by atoms with Crippen LogP contribution in [0.15, 0.2) is 18.2 Å². The fraction of sp³-hybridized carbons (Fsp3) is 0.538. The minimum absolute atomic E-state index is 0. The van der Waals surface area contributed by atoms with E-state index in [2.05, 4.69) is 5.32 Å². The van der Waals surface area contributed by atoms with Crippen LogP contribution >= 0.6 is 24.0 Å². The fourth-order valence-electron chi connectivity index (χ4n) is 2.42. The van der Waals surface area contributed by atoms with Gasteiger partial charge in [-0.3, -0.25) is 0 Å². The summed E-state index contributed by atoms with van der Waals surface area (Å²) in [4.78, 5) is 0. The lowest BCUT2D eigenvalue weighted by Crippen LogP contribution is -2.33. The van der Waals surface area contributed by atoms with Crippen LogP contribution in [-0.2, 0) is 0 Å². The number of hydrogen-bond donors (Lipinski definition) is 2. The fourth-order valence-corrected chi connectivity index (χ4v) is 2.60. The van der Waals surface area contributed by atoms with E-state index in [1.165, 1.54) is 0 Å². The molecule has 1 aromatic carbocycles. The van der Waals surface area contributed by atoms with E-state index in [1.54, 1.807) is 7.11 Å². The summed E-state index contributed by atoms with van der Waals surface area (Å²) in [5.74, 6) is 1.34. The van der Waals surface area contributed by atoms with E-state index in [1.807, 2.05) is 18.2 Å². The summed E-state index contributed by atoms with van der Waals surface area (Å²) in [7, 11) is 1.67. The maximum atomic E-state index is 6.35. The molecule has 1 heterocycles. The van der Waals surface area contributed by atoms with Crippen LogP contribution in [0.25, 0.3) is 0 Å². The lowest BCUT2D eigenvalue weighted by molar-refractivity contribution is 0.313. The SMILES string of the molecule is COc1ccc(Cl)cc1[C@H](N)C1CCNCC1.Cl. The van der Waals surface area contributed by atoms with E-state index in [4.69, 9.17) is 22.1 Å². The van der Waals surface area contributed by atoms with Crippen LogP contribution in [0.5, 0.6) is 5.75 Å². The second-order valence-corrected chi connectivity index (χ2v) is 4.94. The predicted molar refractivity (Wildman–Crippen MR) is 77.8 cm³/mol. The number of methoxy groups -OCH3 is 1. The summed E-state index contributed by atoms with van der Waals surface area (Å²) < 4.78 is 5.36. The topological polar surface area (TPSA) is 47.3 Å². The third-order valence-corrected chi connectivity index (χ3v) is 3.68. The van der Waals surface area contributed by atoms with Gasteiger partial charge < -0.3 is 15.8 Å². The molecule has 0 aromatic heterocycles. The zero-order chi connectivity index (χ0) is 12.3. The van der Waals surface area contributed by atoms with E-state index in [0.717, 1.165) is 37.2 Å². The van der Waals surface area contributed by atoms with Crippen LogP contribution in [-0.4, -0.2) is 20.2 Å². The van der Waals surface area contributed by atoms with Crippen molar-refractivity contribution in [3.05, 3.63) is 28.8 Å². The zero-order valence-electron chi connectivity index (χ0n) is 10.5. The molecule has 18 heavy (non-hydrogen) atoms. The first-order chi connectivity index (χ1) is 8.22. The summed E-state index contributed by atoms with van der Waals surface area (Å²) in [6.07, 6.45) is 2.22. The second kappa shape index (κ2) is 7.19. The van der Waals surface area contributed by atoms with Crippen LogP contribution in [0.3, 0.4) is 0 Å². The quantitative estimate of drug-likeness (QED) is 0.900. The molecule has 0 saturated carbocycles. The summed E-state index contributed by atoms with van der Waals surface area (Å²) >= 11 is 6.03. The number of halogens is 2. The molecule has 1 atom stereocenters. The van der Waals surface area contributed by atoms with Crippen LogP contribution in [0.4, 0.5) is 0 Å². The molecule has 5 heteroatoms. The lowest BCUT2D eigenvalue weighted by atomic mass is 9.86. The Morgan fingerprint density at radius 2 is 2.06 bits per heavy atom. The average Bonchev–Trinajstić information content (AvgIpc) is 2.39. The molecule has 0 radical (unpaired) electrons. The first kappa shape index (κ1) is 15.6. The van der Waals surface area contributed by atoms with Gasteiger partial charge in [0.2, 0.25) is 0 Å². The van der Waals surface area contributed by atoms with E-state index < -0.39 is 0 Å². The van der Waals surface area contributed by atoms with E-state index in [9.17, 15) is 0 Å². The Balaban J connectivity index is 0.00000162. The normalized spacial score (nSPS) is 17.9. The molecule has 0 aliphatic carbocycles. The Hall–Kier alpha value is -0.480. The van der Waals surface area contributed by atoms with Crippen molar-refractivity contribution in [2.24, 2.45) is 11.7 Å². The minimum atomic E-state index is 0. The maximum absolute atomic E-state index is 6.35. The number of nitrogens with two attached hydrogens (primary N) is 1. The van der Waals surface area contributed by atoms with E-state index in [-0.39, 0.29) is 18.4 Å². The van der Waals surface area contributed by atoms with Crippen molar-refractivity contribution in [3.63, 3.8) is 0 Å². The molecule has 1 saturated heterocycles. The van der Waals surface area contributed by atoms with Gasteiger partial charge >= 0.3 is 0 Å². The van der Waals surface area contributed by atoms with Crippen LogP contribution in [0, 0.1) is 5.92 Å². The third kappa shape index (κ3) is 3.51. The van der Waals surface area contributed by atoms with E-state index >= 15 is 0 Å². The summed E-state index contributed by atoms with van der Waals surface area (Å²) in [5, 5.41) is 4.06. The van der Waals surface area contributed by atoms with Crippen molar-refractivity contribution in [1.82, 2.24) is 5.32 Å². The van der Waals surface area contributed by atoms with Gasteiger partial charge in [0.05, 0.1) is 7.11 Å².